The first kappa shape index (κ1) is 33.7. The molecule has 0 saturated carbocycles. The van der Waals surface area contributed by atoms with E-state index in [0.29, 0.717) is 5.56 Å². The number of aromatic nitrogens is 3. The molecule has 47 heavy (non-hydrogen) atoms. The highest BCUT2D eigenvalue weighted by Crippen LogP contribution is 2.29. The lowest BCUT2D eigenvalue weighted by Gasteiger charge is -2.15. The number of likely N-dealkylation sites (tertiary alicyclic amines) is 1. The first-order valence-electron chi connectivity index (χ1n) is 13.6. The van der Waals surface area contributed by atoms with Crippen LogP contribution in [0.4, 0.5) is 34.1 Å². The fraction of sp³-hybridized carbons (Fsp3) is 0.259. The third-order valence-electron chi connectivity index (χ3n) is 7.00. The van der Waals surface area contributed by atoms with E-state index in [9.17, 15) is 39.2 Å². The van der Waals surface area contributed by atoms with Crippen molar-refractivity contribution in [3.05, 3.63) is 66.0 Å². The molecule has 6 N–H and O–H groups in total. The van der Waals surface area contributed by atoms with Crippen LogP contribution >= 0.6 is 0 Å². The molecule has 0 spiro atoms. The van der Waals surface area contributed by atoms with Gasteiger partial charge in [0.25, 0.3) is 0 Å². The van der Waals surface area contributed by atoms with Crippen molar-refractivity contribution in [3.8, 4) is 11.3 Å². The minimum absolute atomic E-state index is 0.0662. The molecule has 2 aromatic heterocycles. The second-order valence-corrected chi connectivity index (χ2v) is 13.7. The van der Waals surface area contributed by atoms with Crippen LogP contribution in [0.1, 0.15) is 12.0 Å². The van der Waals surface area contributed by atoms with Crippen molar-refractivity contribution < 1.29 is 44.3 Å². The highest BCUT2D eigenvalue weighted by Gasteiger charge is 2.31. The Morgan fingerprint density at radius 3 is 2.36 bits per heavy atom. The molecular weight excluding hydrogens is 672 g/mol. The molecule has 5 rings (SSSR count). The predicted molar refractivity (Wildman–Crippen MR) is 161 cm³/mol. The lowest BCUT2D eigenvalue weighted by Crippen LogP contribution is -2.38. The van der Waals surface area contributed by atoms with E-state index in [0.717, 1.165) is 17.0 Å². The molecule has 1 aliphatic heterocycles. The van der Waals surface area contributed by atoms with Gasteiger partial charge in [-0.15, -0.1) is 0 Å². The molecule has 1 fully saturated rings. The van der Waals surface area contributed by atoms with Gasteiger partial charge in [-0.25, -0.2) is 45.8 Å². The van der Waals surface area contributed by atoms with Crippen LogP contribution in [-0.4, -0.2) is 79.7 Å². The Kier molecular flexibility index (Phi) is 9.22. The maximum atomic E-state index is 14.8. The van der Waals surface area contributed by atoms with E-state index in [4.69, 9.17) is 10.2 Å². The Bertz CT molecular complexity index is 2050. The number of nitrogens with one attached hydrogen (secondary N) is 3. The molecule has 0 aliphatic carbocycles. The number of benzene rings is 2. The Morgan fingerprint density at radius 2 is 1.72 bits per heavy atom. The number of amides is 1. The fourth-order valence-electron chi connectivity index (χ4n) is 4.72. The summed E-state index contributed by atoms with van der Waals surface area (Å²) in [7, 11) is -8.36. The zero-order valence-electron chi connectivity index (χ0n) is 24.0. The van der Waals surface area contributed by atoms with E-state index in [1.807, 2.05) is 0 Å². The summed E-state index contributed by atoms with van der Waals surface area (Å²) in [5.74, 6) is -1.47. The first-order valence-corrected chi connectivity index (χ1v) is 16.7. The number of nitrogens with zero attached hydrogens (tertiary/aromatic N) is 4. The Balaban J connectivity index is 1.44. The number of fused-ring (bicyclic) bond motifs is 1. The number of primary sulfonamides is 1. The molecule has 1 aliphatic rings. The zero-order chi connectivity index (χ0) is 34.1. The number of carboxylic acid groups (broad SMARTS) is 1. The number of anilines is 2. The standard InChI is InChI=1S/C27H26F4N8O6S2/c28-19-6-3-16(11-22(19)47(44,45)38-17-9-10-39(13-17)26(40)41)20-7-8-21-23(35-20)24(34-14-27(29,30)31)37-25(36-21)33-12-15-1-4-18(5-2-15)46(32,42)43/h1-8,11,17,38H,9-10,12-14H2,(H,40,41)(H2,32,42,43)(H2,33,34,36,37). The van der Waals surface area contributed by atoms with Crippen LogP contribution in [0, 0.1) is 5.82 Å². The van der Waals surface area contributed by atoms with Crippen LogP contribution < -0.4 is 20.5 Å². The lowest BCUT2D eigenvalue weighted by atomic mass is 10.1. The van der Waals surface area contributed by atoms with Gasteiger partial charge in [0, 0.05) is 31.2 Å². The van der Waals surface area contributed by atoms with E-state index < -0.39 is 55.6 Å². The second kappa shape index (κ2) is 12.9. The first-order chi connectivity index (χ1) is 22.0. The van der Waals surface area contributed by atoms with Crippen molar-refractivity contribution >= 4 is 48.9 Å². The number of hydrogen-bond acceptors (Lipinski definition) is 10. The van der Waals surface area contributed by atoms with Crippen molar-refractivity contribution in [1.82, 2.24) is 24.6 Å². The van der Waals surface area contributed by atoms with Gasteiger partial charge >= 0.3 is 12.3 Å². The molecule has 2 aromatic carbocycles. The number of carbonyl (C=O) groups is 1. The van der Waals surface area contributed by atoms with Crippen molar-refractivity contribution in [2.75, 3.05) is 30.3 Å². The van der Waals surface area contributed by atoms with Crippen molar-refractivity contribution in [1.29, 1.82) is 0 Å². The normalized spacial score (nSPS) is 15.6. The molecule has 1 unspecified atom stereocenters. The van der Waals surface area contributed by atoms with Crippen molar-refractivity contribution in [2.45, 2.75) is 35.0 Å². The largest absolute Gasteiger partial charge is 0.465 e. The minimum Gasteiger partial charge on any atom is -0.465 e. The SMILES string of the molecule is NS(=O)(=O)c1ccc(CNc2nc(NCC(F)(F)F)c3nc(-c4ccc(F)c(S(=O)(=O)NC5CCN(C(=O)O)C5)c4)ccc3n2)cc1. The van der Waals surface area contributed by atoms with Crippen LogP contribution in [0.3, 0.4) is 0 Å². The highest BCUT2D eigenvalue weighted by atomic mass is 32.2. The Labute approximate surface area is 265 Å². The summed E-state index contributed by atoms with van der Waals surface area (Å²) in [4.78, 5) is 24.2. The van der Waals surface area contributed by atoms with Gasteiger partial charge in [0.1, 0.15) is 22.8 Å². The number of alkyl halides is 3. The number of halogens is 4. The summed E-state index contributed by atoms with van der Waals surface area (Å²) in [5, 5.41) is 19.3. The molecule has 3 heterocycles. The van der Waals surface area contributed by atoms with Crippen LogP contribution in [0.15, 0.2) is 64.4 Å². The van der Waals surface area contributed by atoms with Crippen LogP contribution in [0.2, 0.25) is 0 Å². The molecule has 0 radical (unpaired) electrons. The number of pyridine rings is 1. The maximum Gasteiger partial charge on any atom is 0.407 e. The van der Waals surface area contributed by atoms with Gasteiger partial charge in [0.2, 0.25) is 26.0 Å². The molecule has 14 nitrogen and oxygen atoms in total. The topological polar surface area (TPSA) is 210 Å². The molecular formula is C27H26F4N8O6S2. The average Bonchev–Trinajstić information content (AvgIpc) is 3.46. The smallest absolute Gasteiger partial charge is 0.407 e. The molecule has 1 saturated heterocycles. The molecule has 0 bridgehead atoms. The van der Waals surface area contributed by atoms with Gasteiger partial charge < -0.3 is 20.6 Å². The third kappa shape index (κ3) is 8.20. The summed E-state index contributed by atoms with van der Waals surface area (Å²) in [5.41, 5.74) is 0.783. The predicted octanol–water partition coefficient (Wildman–Crippen LogP) is 3.10. The monoisotopic (exact) mass is 698 g/mol. The zero-order valence-corrected chi connectivity index (χ0v) is 25.6. The van der Waals surface area contributed by atoms with Gasteiger partial charge in [-0.3, -0.25) is 0 Å². The number of sulfonamides is 2. The van der Waals surface area contributed by atoms with E-state index in [2.05, 4.69) is 30.3 Å². The summed E-state index contributed by atoms with van der Waals surface area (Å²) >= 11 is 0. The summed E-state index contributed by atoms with van der Waals surface area (Å²) in [6.07, 6.45) is -5.65. The number of hydrogen-bond donors (Lipinski definition) is 5. The minimum atomic E-state index is -4.62. The number of rotatable bonds is 10. The van der Waals surface area contributed by atoms with Crippen molar-refractivity contribution in [2.24, 2.45) is 5.14 Å². The quantitative estimate of drug-likeness (QED) is 0.152. The maximum absolute atomic E-state index is 14.8. The van der Waals surface area contributed by atoms with Crippen LogP contribution in [0.25, 0.3) is 22.3 Å². The van der Waals surface area contributed by atoms with Gasteiger partial charge in [0.15, 0.2) is 5.82 Å². The molecule has 1 atom stereocenters. The Morgan fingerprint density at radius 1 is 1.00 bits per heavy atom. The molecule has 1 amide bonds. The molecule has 4 aromatic rings. The summed E-state index contributed by atoms with van der Waals surface area (Å²) in [6.45, 7) is -1.41. The van der Waals surface area contributed by atoms with E-state index in [1.165, 1.54) is 42.5 Å². The van der Waals surface area contributed by atoms with Gasteiger partial charge in [-0.1, -0.05) is 12.1 Å². The fourth-order valence-corrected chi connectivity index (χ4v) is 6.60. The second-order valence-electron chi connectivity index (χ2n) is 10.5. The van der Waals surface area contributed by atoms with Gasteiger partial charge in [0.05, 0.1) is 16.1 Å². The van der Waals surface area contributed by atoms with Gasteiger partial charge in [-0.2, -0.15) is 18.2 Å². The molecule has 250 valence electrons. The molecule has 20 heteroatoms. The highest BCUT2D eigenvalue weighted by molar-refractivity contribution is 7.89. The van der Waals surface area contributed by atoms with Gasteiger partial charge in [-0.05, 0) is 54.4 Å². The summed E-state index contributed by atoms with van der Waals surface area (Å²) in [6, 6.07) is 10.7. The average molecular weight is 699 g/mol. The third-order valence-corrected chi connectivity index (χ3v) is 9.46. The Hall–Kier alpha value is -4.66. The van der Waals surface area contributed by atoms with Crippen LogP contribution in [0.5, 0.6) is 0 Å². The number of nitrogens with two attached hydrogens (primary N) is 1. The van der Waals surface area contributed by atoms with E-state index in [-0.39, 0.29) is 65.0 Å². The lowest BCUT2D eigenvalue weighted by molar-refractivity contribution is -0.115. The van der Waals surface area contributed by atoms with E-state index >= 15 is 0 Å². The van der Waals surface area contributed by atoms with Crippen LogP contribution in [-0.2, 0) is 26.6 Å². The van der Waals surface area contributed by atoms with E-state index in [1.54, 1.807) is 0 Å². The van der Waals surface area contributed by atoms with Crippen molar-refractivity contribution in [3.63, 3.8) is 0 Å². The summed E-state index contributed by atoms with van der Waals surface area (Å²) < 4.78 is 106.